The molecular formula is C18H18Cl2N2O4. The first-order valence-electron chi connectivity index (χ1n) is 7.81. The number of carbonyl (C=O) groups is 1. The van der Waals surface area contributed by atoms with Crippen molar-refractivity contribution in [3.05, 3.63) is 57.6 Å². The minimum atomic E-state index is -1.06. The fourth-order valence-electron chi connectivity index (χ4n) is 2.08. The second-order valence-electron chi connectivity index (χ2n) is 5.11. The number of hydrogen-bond donors (Lipinski definition) is 2. The van der Waals surface area contributed by atoms with Crippen molar-refractivity contribution < 1.29 is 19.4 Å². The maximum absolute atomic E-state index is 10.6. The van der Waals surface area contributed by atoms with E-state index < -0.39 is 12.6 Å². The number of aliphatic carboxylic acids is 1. The van der Waals surface area contributed by atoms with Gasteiger partial charge in [-0.15, -0.1) is 0 Å². The molecular weight excluding hydrogens is 379 g/mol. The van der Waals surface area contributed by atoms with E-state index in [0.717, 1.165) is 11.1 Å². The quantitative estimate of drug-likeness (QED) is 0.494. The Hall–Kier alpha value is -2.44. The molecule has 0 bridgehead atoms. The van der Waals surface area contributed by atoms with Crippen LogP contribution in [-0.4, -0.2) is 30.5 Å². The molecule has 26 heavy (non-hydrogen) atoms. The van der Waals surface area contributed by atoms with E-state index in [0.29, 0.717) is 34.7 Å². The average molecular weight is 397 g/mol. The largest absolute Gasteiger partial charge is 0.490 e. The van der Waals surface area contributed by atoms with E-state index >= 15 is 0 Å². The summed E-state index contributed by atoms with van der Waals surface area (Å²) in [6, 6.07) is 10.4. The molecule has 0 aliphatic heterocycles. The fraction of sp³-hybridized carbons (Fsp3) is 0.222. The van der Waals surface area contributed by atoms with Crippen LogP contribution < -0.4 is 14.9 Å². The van der Waals surface area contributed by atoms with E-state index in [1.54, 1.807) is 42.6 Å². The third-order valence-electron chi connectivity index (χ3n) is 3.24. The van der Waals surface area contributed by atoms with Crippen molar-refractivity contribution in [2.75, 3.05) is 13.2 Å². The molecule has 0 spiro atoms. The van der Waals surface area contributed by atoms with Gasteiger partial charge in [0.1, 0.15) is 0 Å². The number of nitrogens with zero attached hydrogens (tertiary/aromatic N) is 1. The van der Waals surface area contributed by atoms with E-state index in [9.17, 15) is 4.79 Å². The summed E-state index contributed by atoms with van der Waals surface area (Å²) in [5.74, 6) is -0.241. The van der Waals surface area contributed by atoms with Crippen LogP contribution in [0, 0.1) is 0 Å². The molecule has 0 saturated carbocycles. The van der Waals surface area contributed by atoms with Gasteiger partial charge in [-0.05, 0) is 42.8 Å². The smallest absolute Gasteiger partial charge is 0.341 e. The Morgan fingerprint density at radius 1 is 1.19 bits per heavy atom. The summed E-state index contributed by atoms with van der Waals surface area (Å²) in [6.45, 7) is 2.20. The summed E-state index contributed by atoms with van der Waals surface area (Å²) >= 11 is 12.2. The third kappa shape index (κ3) is 5.82. The van der Waals surface area contributed by atoms with Crippen LogP contribution in [0.3, 0.4) is 0 Å². The lowest BCUT2D eigenvalue weighted by atomic mass is 10.2. The lowest BCUT2D eigenvalue weighted by Gasteiger charge is -2.11. The van der Waals surface area contributed by atoms with Crippen LogP contribution in [0.15, 0.2) is 41.5 Å². The molecule has 0 fully saturated rings. The highest BCUT2D eigenvalue weighted by Gasteiger charge is 2.08. The Morgan fingerprint density at radius 2 is 1.92 bits per heavy atom. The number of hydrazone groups is 1. The zero-order chi connectivity index (χ0) is 18.9. The van der Waals surface area contributed by atoms with Gasteiger partial charge in [-0.1, -0.05) is 29.3 Å². The standard InChI is InChI=1S/C18H18Cl2N2O4/c1-2-25-17-8-12(6-7-16(17)26-11-18(23)24)9-21-22-10-13-14(19)4-3-5-15(13)20/h3-9,22H,2,10-11H2,1H3,(H,23,24)/b21-9+. The van der Waals surface area contributed by atoms with Crippen LogP contribution >= 0.6 is 23.2 Å². The molecule has 0 radical (unpaired) electrons. The first-order chi connectivity index (χ1) is 12.5. The summed E-state index contributed by atoms with van der Waals surface area (Å²) in [5.41, 5.74) is 4.41. The highest BCUT2D eigenvalue weighted by molar-refractivity contribution is 6.35. The normalized spacial score (nSPS) is 10.7. The molecule has 6 nitrogen and oxygen atoms in total. The van der Waals surface area contributed by atoms with Gasteiger partial charge in [0.15, 0.2) is 18.1 Å². The topological polar surface area (TPSA) is 80.1 Å². The van der Waals surface area contributed by atoms with Crippen molar-refractivity contribution in [3.63, 3.8) is 0 Å². The lowest BCUT2D eigenvalue weighted by Crippen LogP contribution is -2.10. The molecule has 0 amide bonds. The third-order valence-corrected chi connectivity index (χ3v) is 3.95. The summed E-state index contributed by atoms with van der Waals surface area (Å²) in [6.07, 6.45) is 1.61. The van der Waals surface area contributed by atoms with Crippen molar-refractivity contribution in [2.24, 2.45) is 5.10 Å². The van der Waals surface area contributed by atoms with Crippen molar-refractivity contribution in [1.82, 2.24) is 5.43 Å². The van der Waals surface area contributed by atoms with E-state index in [-0.39, 0.29) is 0 Å². The van der Waals surface area contributed by atoms with Gasteiger partial charge in [0, 0.05) is 15.6 Å². The number of halogens is 2. The van der Waals surface area contributed by atoms with Gasteiger partial charge in [0.25, 0.3) is 0 Å². The van der Waals surface area contributed by atoms with Crippen molar-refractivity contribution >= 4 is 35.4 Å². The zero-order valence-electron chi connectivity index (χ0n) is 14.0. The maximum Gasteiger partial charge on any atom is 0.341 e. The maximum atomic E-state index is 10.6. The first kappa shape index (κ1) is 19.9. The van der Waals surface area contributed by atoms with Crippen LogP contribution in [0.4, 0.5) is 0 Å². The Balaban J connectivity index is 2.03. The molecule has 0 aliphatic carbocycles. The van der Waals surface area contributed by atoms with Crippen LogP contribution in [0.25, 0.3) is 0 Å². The Bertz CT molecular complexity index is 777. The number of benzene rings is 2. The molecule has 0 saturated heterocycles. The Kier molecular flexibility index (Phi) is 7.56. The van der Waals surface area contributed by atoms with Gasteiger partial charge in [-0.2, -0.15) is 5.10 Å². The molecule has 2 aromatic carbocycles. The lowest BCUT2D eigenvalue weighted by molar-refractivity contribution is -0.139. The molecule has 2 rings (SSSR count). The summed E-state index contributed by atoms with van der Waals surface area (Å²) in [4.78, 5) is 10.6. The minimum absolute atomic E-state index is 0.363. The number of rotatable bonds is 9. The van der Waals surface area contributed by atoms with E-state index in [1.807, 2.05) is 6.92 Å². The Labute approximate surface area is 161 Å². The predicted molar refractivity (Wildman–Crippen MR) is 102 cm³/mol. The average Bonchev–Trinajstić information content (AvgIpc) is 2.60. The zero-order valence-corrected chi connectivity index (χ0v) is 15.5. The Morgan fingerprint density at radius 3 is 2.58 bits per heavy atom. The van der Waals surface area contributed by atoms with E-state index in [2.05, 4.69) is 10.5 Å². The predicted octanol–water partition coefficient (Wildman–Crippen LogP) is 3.98. The second kappa shape index (κ2) is 9.89. The second-order valence-corrected chi connectivity index (χ2v) is 5.93. The molecule has 138 valence electrons. The number of carboxylic acid groups (broad SMARTS) is 1. The van der Waals surface area contributed by atoms with Crippen molar-refractivity contribution in [3.8, 4) is 11.5 Å². The number of ether oxygens (including phenoxy) is 2. The summed E-state index contributed by atoms with van der Waals surface area (Å²) in [5, 5.41) is 14.0. The first-order valence-corrected chi connectivity index (χ1v) is 8.57. The summed E-state index contributed by atoms with van der Waals surface area (Å²) < 4.78 is 10.7. The molecule has 2 aromatic rings. The van der Waals surface area contributed by atoms with Gasteiger partial charge < -0.3 is 20.0 Å². The SMILES string of the molecule is CCOc1cc(/C=N/NCc2c(Cl)cccc2Cl)ccc1OCC(=O)O. The fourth-order valence-corrected chi connectivity index (χ4v) is 2.61. The minimum Gasteiger partial charge on any atom is -0.490 e. The molecule has 8 heteroatoms. The van der Waals surface area contributed by atoms with Crippen LogP contribution in [0.5, 0.6) is 11.5 Å². The van der Waals surface area contributed by atoms with Gasteiger partial charge >= 0.3 is 5.97 Å². The van der Waals surface area contributed by atoms with Crippen molar-refractivity contribution in [2.45, 2.75) is 13.5 Å². The molecule has 0 unspecified atom stereocenters. The number of carboxylic acids is 1. The van der Waals surface area contributed by atoms with Crippen LogP contribution in [0.2, 0.25) is 10.0 Å². The van der Waals surface area contributed by atoms with Gasteiger partial charge in [-0.3, -0.25) is 0 Å². The molecule has 0 atom stereocenters. The molecule has 2 N–H and O–H groups in total. The highest BCUT2D eigenvalue weighted by Crippen LogP contribution is 2.28. The van der Waals surface area contributed by atoms with Crippen molar-refractivity contribution in [1.29, 1.82) is 0 Å². The molecule has 0 aliphatic rings. The van der Waals surface area contributed by atoms with Crippen LogP contribution in [0.1, 0.15) is 18.1 Å². The highest BCUT2D eigenvalue weighted by atomic mass is 35.5. The van der Waals surface area contributed by atoms with E-state index in [4.69, 9.17) is 37.8 Å². The monoisotopic (exact) mass is 396 g/mol. The number of nitrogens with one attached hydrogen (secondary N) is 1. The van der Waals surface area contributed by atoms with Gasteiger partial charge in [0.05, 0.1) is 19.4 Å². The van der Waals surface area contributed by atoms with Gasteiger partial charge in [0.2, 0.25) is 0 Å². The van der Waals surface area contributed by atoms with Gasteiger partial charge in [-0.25, -0.2) is 4.79 Å². The molecule has 0 heterocycles. The number of hydrogen-bond acceptors (Lipinski definition) is 5. The van der Waals surface area contributed by atoms with Crippen LogP contribution in [-0.2, 0) is 11.3 Å². The van der Waals surface area contributed by atoms with E-state index in [1.165, 1.54) is 0 Å². The summed E-state index contributed by atoms with van der Waals surface area (Å²) in [7, 11) is 0. The molecule has 0 aromatic heterocycles.